The van der Waals surface area contributed by atoms with Gasteiger partial charge in [0, 0.05) is 11.3 Å². The van der Waals surface area contributed by atoms with Gasteiger partial charge in [0.1, 0.15) is 17.4 Å². The monoisotopic (exact) mass is 470 g/mol. The number of benzene rings is 1. The summed E-state index contributed by atoms with van der Waals surface area (Å²) in [6.07, 6.45) is -14.7. The van der Waals surface area contributed by atoms with Crippen molar-refractivity contribution in [1.82, 2.24) is 4.98 Å². The summed E-state index contributed by atoms with van der Waals surface area (Å²) in [5, 5.41) is 9.13. The van der Waals surface area contributed by atoms with Crippen molar-refractivity contribution < 1.29 is 35.8 Å². The normalized spacial score (nSPS) is 13.1. The maximum Gasteiger partial charge on any atom is 0.525 e. The highest BCUT2D eigenvalue weighted by molar-refractivity contribution is 9.10. The number of nitriles is 1. The van der Waals surface area contributed by atoms with Gasteiger partial charge in [-0.15, -0.1) is 13.2 Å². The number of aromatic amines is 1. The Hall–Kier alpha value is -2.52. The third kappa shape index (κ3) is 5.05. The van der Waals surface area contributed by atoms with Crippen molar-refractivity contribution in [3.05, 3.63) is 50.3 Å². The van der Waals surface area contributed by atoms with Gasteiger partial charge in [-0.1, -0.05) is 6.07 Å². The van der Waals surface area contributed by atoms with Crippen LogP contribution >= 0.6 is 15.9 Å². The summed E-state index contributed by atoms with van der Waals surface area (Å²) in [7, 11) is 0. The number of rotatable bonds is 5. The Labute approximate surface area is 161 Å². The predicted molar refractivity (Wildman–Crippen MR) is 87.3 cm³/mol. The van der Waals surface area contributed by atoms with E-state index in [0.29, 0.717) is 5.69 Å². The molecule has 1 aromatic heterocycles. The molecule has 0 spiro atoms. The summed E-state index contributed by atoms with van der Waals surface area (Å²) < 4.78 is 82.4. The zero-order valence-electron chi connectivity index (χ0n) is 13.7. The summed E-state index contributed by atoms with van der Waals surface area (Å²) in [4.78, 5) is 14.3. The van der Waals surface area contributed by atoms with Crippen molar-refractivity contribution in [2.24, 2.45) is 0 Å². The van der Waals surface area contributed by atoms with Crippen molar-refractivity contribution in [2.75, 3.05) is 0 Å². The van der Waals surface area contributed by atoms with Gasteiger partial charge >= 0.3 is 18.8 Å². The Kier molecular flexibility index (Phi) is 6.10. The highest BCUT2D eigenvalue weighted by Gasteiger charge is 2.50. The quantitative estimate of drug-likeness (QED) is 0.637. The lowest BCUT2D eigenvalue weighted by molar-refractivity contribution is -0.411. The zero-order valence-corrected chi connectivity index (χ0v) is 15.3. The van der Waals surface area contributed by atoms with E-state index in [9.17, 15) is 31.1 Å². The largest absolute Gasteiger partial charge is 0.525 e. The number of alkyl halides is 6. The molecule has 1 N–H and O–H groups in total. The molecule has 0 fully saturated rings. The van der Waals surface area contributed by atoms with E-state index in [0.717, 1.165) is 6.07 Å². The van der Waals surface area contributed by atoms with Crippen LogP contribution in [0.25, 0.3) is 11.1 Å². The van der Waals surface area contributed by atoms with Gasteiger partial charge < -0.3 is 9.72 Å². The van der Waals surface area contributed by atoms with Gasteiger partial charge in [-0.25, -0.2) is 9.13 Å². The zero-order chi connectivity index (χ0) is 21.3. The van der Waals surface area contributed by atoms with Crippen LogP contribution in [0.5, 0.6) is 5.75 Å². The lowest BCUT2D eigenvalue weighted by atomic mass is 10.0. The fraction of sp³-hybridized carbons (Fsp3) is 0.250. The standard InChI is InChI=1S/C16H9BrF6N2O3/c1-7-4-9(10(6-24)13(26)25-7)8-2-3-12(11(17)5-8)27-15(19,20)14(18)28-16(21,22)23/h2-5,14H,1H3,(H,25,26). The number of nitrogens with one attached hydrogen (secondary N) is 1. The van der Waals surface area contributed by atoms with Gasteiger partial charge in [-0.05, 0) is 46.6 Å². The van der Waals surface area contributed by atoms with Crippen LogP contribution in [0.1, 0.15) is 11.3 Å². The third-order valence-corrected chi connectivity index (χ3v) is 3.89. The first-order chi connectivity index (χ1) is 12.8. The highest BCUT2D eigenvalue weighted by Crippen LogP contribution is 2.37. The summed E-state index contributed by atoms with van der Waals surface area (Å²) >= 11 is 2.88. The molecule has 28 heavy (non-hydrogen) atoms. The fourth-order valence-electron chi connectivity index (χ4n) is 2.16. The van der Waals surface area contributed by atoms with Gasteiger partial charge in [-0.3, -0.25) is 4.79 Å². The van der Waals surface area contributed by atoms with Crippen molar-refractivity contribution in [1.29, 1.82) is 5.26 Å². The molecule has 12 heteroatoms. The second-order valence-electron chi connectivity index (χ2n) is 5.37. The molecule has 5 nitrogen and oxygen atoms in total. The molecule has 1 unspecified atom stereocenters. The van der Waals surface area contributed by atoms with Crippen LogP contribution in [0.2, 0.25) is 0 Å². The number of hydrogen-bond donors (Lipinski definition) is 1. The van der Waals surface area contributed by atoms with Crippen LogP contribution in [-0.4, -0.2) is 23.8 Å². The van der Waals surface area contributed by atoms with Gasteiger partial charge in [-0.2, -0.15) is 14.0 Å². The Morgan fingerprint density at radius 2 is 1.86 bits per heavy atom. The first-order valence-electron chi connectivity index (χ1n) is 7.23. The Bertz CT molecular complexity index is 984. The third-order valence-electron chi connectivity index (χ3n) is 3.27. The molecule has 2 rings (SSSR count). The number of nitrogens with zero attached hydrogens (tertiary/aromatic N) is 1. The Morgan fingerprint density at radius 1 is 1.21 bits per heavy atom. The molecule has 150 valence electrons. The van der Waals surface area contributed by atoms with Gasteiger partial charge in [0.15, 0.2) is 0 Å². The van der Waals surface area contributed by atoms with Gasteiger partial charge in [0.05, 0.1) is 4.47 Å². The maximum atomic E-state index is 13.5. The molecular formula is C16H9BrF6N2O3. The van der Waals surface area contributed by atoms with Gasteiger partial charge in [0.2, 0.25) is 0 Å². The average Bonchev–Trinajstić information content (AvgIpc) is 2.54. The van der Waals surface area contributed by atoms with Crippen LogP contribution in [-0.2, 0) is 4.74 Å². The lowest BCUT2D eigenvalue weighted by Crippen LogP contribution is -2.41. The van der Waals surface area contributed by atoms with E-state index in [1.165, 1.54) is 18.2 Å². The lowest BCUT2D eigenvalue weighted by Gasteiger charge is -2.23. The van der Waals surface area contributed by atoms with Crippen LogP contribution in [0.4, 0.5) is 26.3 Å². The summed E-state index contributed by atoms with van der Waals surface area (Å²) in [6.45, 7) is 1.56. The molecule has 0 amide bonds. The topological polar surface area (TPSA) is 75.1 Å². The number of hydrogen-bond acceptors (Lipinski definition) is 4. The second-order valence-corrected chi connectivity index (χ2v) is 6.22. The molecule has 1 atom stereocenters. The molecule has 0 aliphatic heterocycles. The van der Waals surface area contributed by atoms with E-state index in [1.54, 1.807) is 13.0 Å². The summed E-state index contributed by atoms with van der Waals surface area (Å²) in [5.41, 5.74) is -0.0429. The van der Waals surface area contributed by atoms with Crippen molar-refractivity contribution in [3.8, 4) is 22.9 Å². The molecule has 0 aliphatic rings. The van der Waals surface area contributed by atoms with Crippen molar-refractivity contribution in [3.63, 3.8) is 0 Å². The molecule has 0 saturated carbocycles. The molecule has 1 aromatic carbocycles. The average molecular weight is 471 g/mol. The molecule has 0 bridgehead atoms. The van der Waals surface area contributed by atoms with E-state index in [1.807, 2.05) is 0 Å². The first kappa shape index (κ1) is 21.8. The van der Waals surface area contributed by atoms with E-state index >= 15 is 0 Å². The number of aromatic nitrogens is 1. The Balaban J connectivity index is 2.36. The Morgan fingerprint density at radius 3 is 2.39 bits per heavy atom. The molecule has 1 heterocycles. The van der Waals surface area contributed by atoms with Crippen LogP contribution in [0, 0.1) is 18.3 Å². The van der Waals surface area contributed by atoms with Gasteiger partial charge in [0.25, 0.3) is 5.56 Å². The predicted octanol–water partition coefficient (Wildman–Crippen LogP) is 4.79. The minimum absolute atomic E-state index is 0.187. The molecular weight excluding hydrogens is 462 g/mol. The number of ether oxygens (including phenoxy) is 2. The minimum Gasteiger partial charge on any atom is -0.427 e. The van der Waals surface area contributed by atoms with Crippen LogP contribution in [0.15, 0.2) is 33.5 Å². The summed E-state index contributed by atoms with van der Waals surface area (Å²) in [5.74, 6) is -0.692. The smallest absolute Gasteiger partial charge is 0.427 e. The van der Waals surface area contributed by atoms with E-state index in [4.69, 9.17) is 5.26 Å². The summed E-state index contributed by atoms with van der Waals surface area (Å²) in [6, 6.07) is 6.44. The number of halogens is 7. The molecule has 2 aromatic rings. The van der Waals surface area contributed by atoms with E-state index in [2.05, 4.69) is 30.4 Å². The minimum atomic E-state index is -5.63. The maximum absolute atomic E-state index is 13.5. The SMILES string of the molecule is Cc1cc(-c2ccc(OC(F)(F)C(F)OC(F)(F)F)c(Br)c2)c(C#N)c(=O)[nH]1. The van der Waals surface area contributed by atoms with Crippen molar-refractivity contribution >= 4 is 15.9 Å². The molecule has 0 radical (unpaired) electrons. The van der Waals surface area contributed by atoms with Crippen LogP contribution < -0.4 is 10.3 Å². The number of H-pyrrole nitrogens is 1. The van der Waals surface area contributed by atoms with E-state index in [-0.39, 0.29) is 21.2 Å². The molecule has 0 aliphatic carbocycles. The second kappa shape index (κ2) is 7.84. The van der Waals surface area contributed by atoms with Crippen LogP contribution in [0.3, 0.4) is 0 Å². The van der Waals surface area contributed by atoms with Crippen molar-refractivity contribution in [2.45, 2.75) is 25.8 Å². The molecule has 0 saturated heterocycles. The number of pyridine rings is 1. The first-order valence-corrected chi connectivity index (χ1v) is 8.02. The number of aryl methyl sites for hydroxylation is 1. The van der Waals surface area contributed by atoms with E-state index < -0.39 is 30.1 Å². The fourth-order valence-corrected chi connectivity index (χ4v) is 2.62. The highest BCUT2D eigenvalue weighted by atomic mass is 79.9.